The van der Waals surface area contributed by atoms with Crippen LogP contribution in [0.5, 0.6) is 11.5 Å². The maximum atomic E-state index is 8.83. The second kappa shape index (κ2) is 4.24. The molecule has 0 bridgehead atoms. The van der Waals surface area contributed by atoms with Gasteiger partial charge in [0, 0.05) is 6.04 Å². The first-order valence-corrected chi connectivity index (χ1v) is 5.67. The fourth-order valence-corrected chi connectivity index (χ4v) is 2.14. The number of fused-ring (bicyclic) bond motifs is 1. The topological polar surface area (TPSA) is 66.3 Å². The second-order valence-electron chi connectivity index (χ2n) is 4.16. The summed E-state index contributed by atoms with van der Waals surface area (Å²) < 4.78 is 11.0. The molecular formula is C12H13N3O2. The molecule has 2 aliphatic rings. The Bertz CT molecular complexity index is 469. The van der Waals surface area contributed by atoms with Crippen molar-refractivity contribution in [2.75, 3.05) is 13.2 Å². The van der Waals surface area contributed by atoms with Crippen molar-refractivity contribution in [3.05, 3.63) is 23.8 Å². The predicted molar refractivity (Wildman–Crippen MR) is 60.5 cm³/mol. The monoisotopic (exact) mass is 231 g/mol. The summed E-state index contributed by atoms with van der Waals surface area (Å²) in [4.78, 5) is 0. The molecular weight excluding hydrogens is 218 g/mol. The first-order chi connectivity index (χ1) is 8.36. The molecule has 5 nitrogen and oxygen atoms in total. The van der Waals surface area contributed by atoms with Crippen LogP contribution in [0, 0.1) is 11.3 Å². The molecule has 1 saturated heterocycles. The Hall–Kier alpha value is -1.77. The number of rotatable bonds is 1. The summed E-state index contributed by atoms with van der Waals surface area (Å²) in [5.41, 5.74) is 7.17. The van der Waals surface area contributed by atoms with E-state index in [1.165, 1.54) is 0 Å². The third-order valence-electron chi connectivity index (χ3n) is 3.03. The van der Waals surface area contributed by atoms with Crippen molar-refractivity contribution in [2.45, 2.75) is 18.5 Å². The van der Waals surface area contributed by atoms with E-state index < -0.39 is 0 Å². The van der Waals surface area contributed by atoms with E-state index in [4.69, 9.17) is 14.7 Å². The van der Waals surface area contributed by atoms with E-state index in [-0.39, 0.29) is 12.1 Å². The molecule has 5 heteroatoms. The van der Waals surface area contributed by atoms with Gasteiger partial charge in [0.1, 0.15) is 19.3 Å². The van der Waals surface area contributed by atoms with Gasteiger partial charge < -0.3 is 9.47 Å². The van der Waals surface area contributed by atoms with Crippen LogP contribution in [0.25, 0.3) is 0 Å². The molecule has 1 aromatic rings. The number of hydrogen-bond acceptors (Lipinski definition) is 5. The molecule has 2 N–H and O–H groups in total. The molecule has 0 aromatic heterocycles. The molecule has 0 amide bonds. The first-order valence-electron chi connectivity index (χ1n) is 5.67. The maximum absolute atomic E-state index is 8.83. The summed E-state index contributed by atoms with van der Waals surface area (Å²) in [5.74, 6) is 1.58. The number of nitriles is 1. The van der Waals surface area contributed by atoms with E-state index in [1.54, 1.807) is 0 Å². The fraction of sp³-hybridized carbons (Fsp3) is 0.417. The van der Waals surface area contributed by atoms with Crippen LogP contribution in [0.3, 0.4) is 0 Å². The van der Waals surface area contributed by atoms with Gasteiger partial charge in [0.05, 0.1) is 6.07 Å². The zero-order valence-corrected chi connectivity index (χ0v) is 9.27. The molecule has 0 spiro atoms. The summed E-state index contributed by atoms with van der Waals surface area (Å²) in [7, 11) is 0. The lowest BCUT2D eigenvalue weighted by Gasteiger charge is -2.20. The minimum atomic E-state index is -0.131. The molecule has 0 saturated carbocycles. The Kier molecular flexibility index (Phi) is 2.59. The number of hydrogen-bond donors (Lipinski definition) is 2. The van der Waals surface area contributed by atoms with Gasteiger partial charge in [-0.05, 0) is 24.1 Å². The average Bonchev–Trinajstić information content (AvgIpc) is 2.87. The van der Waals surface area contributed by atoms with Crippen LogP contribution in [0.2, 0.25) is 0 Å². The van der Waals surface area contributed by atoms with Crippen molar-refractivity contribution in [2.24, 2.45) is 0 Å². The summed E-state index contributed by atoms with van der Waals surface area (Å²) >= 11 is 0. The fourth-order valence-electron chi connectivity index (χ4n) is 2.14. The van der Waals surface area contributed by atoms with E-state index in [0.717, 1.165) is 23.5 Å². The van der Waals surface area contributed by atoms with E-state index in [0.29, 0.717) is 13.2 Å². The van der Waals surface area contributed by atoms with Gasteiger partial charge >= 0.3 is 0 Å². The molecule has 0 radical (unpaired) electrons. The third-order valence-corrected chi connectivity index (χ3v) is 3.03. The van der Waals surface area contributed by atoms with E-state index in [1.807, 2.05) is 18.2 Å². The Morgan fingerprint density at radius 1 is 1.18 bits per heavy atom. The number of nitrogens with zero attached hydrogens (tertiary/aromatic N) is 1. The van der Waals surface area contributed by atoms with Crippen LogP contribution >= 0.6 is 0 Å². The average molecular weight is 231 g/mol. The van der Waals surface area contributed by atoms with Gasteiger partial charge in [0.15, 0.2) is 11.5 Å². The lowest BCUT2D eigenvalue weighted by Crippen LogP contribution is -2.29. The SMILES string of the molecule is N#CC1CC(c2ccc3c(c2)OCCO3)NN1. The van der Waals surface area contributed by atoms with E-state index >= 15 is 0 Å². The number of nitrogens with one attached hydrogen (secondary N) is 2. The van der Waals surface area contributed by atoms with Crippen molar-refractivity contribution in [3.63, 3.8) is 0 Å². The number of ether oxygens (including phenoxy) is 2. The smallest absolute Gasteiger partial charge is 0.161 e. The van der Waals surface area contributed by atoms with Crippen LogP contribution < -0.4 is 20.3 Å². The largest absolute Gasteiger partial charge is 0.486 e. The van der Waals surface area contributed by atoms with Crippen molar-refractivity contribution in [1.82, 2.24) is 10.9 Å². The summed E-state index contributed by atoms with van der Waals surface area (Å²) in [6.07, 6.45) is 0.760. The van der Waals surface area contributed by atoms with Crippen LogP contribution in [-0.2, 0) is 0 Å². The van der Waals surface area contributed by atoms with Crippen molar-refractivity contribution >= 4 is 0 Å². The van der Waals surface area contributed by atoms with Crippen molar-refractivity contribution < 1.29 is 9.47 Å². The third kappa shape index (κ3) is 1.93. The summed E-state index contributed by atoms with van der Waals surface area (Å²) in [6, 6.07) is 8.12. The Morgan fingerprint density at radius 2 is 2.00 bits per heavy atom. The Labute approximate surface area is 99.3 Å². The van der Waals surface area contributed by atoms with Crippen LogP contribution in [0.1, 0.15) is 18.0 Å². The van der Waals surface area contributed by atoms with E-state index in [9.17, 15) is 0 Å². The highest BCUT2D eigenvalue weighted by molar-refractivity contribution is 5.44. The van der Waals surface area contributed by atoms with Gasteiger partial charge in [-0.2, -0.15) is 5.26 Å². The van der Waals surface area contributed by atoms with Gasteiger partial charge in [-0.15, -0.1) is 0 Å². The van der Waals surface area contributed by atoms with Gasteiger partial charge in [-0.25, -0.2) is 10.9 Å². The zero-order valence-electron chi connectivity index (χ0n) is 9.27. The van der Waals surface area contributed by atoms with Gasteiger partial charge in [-0.1, -0.05) is 6.07 Å². The van der Waals surface area contributed by atoms with Gasteiger partial charge in [0.25, 0.3) is 0 Å². The van der Waals surface area contributed by atoms with Gasteiger partial charge in [0.2, 0.25) is 0 Å². The molecule has 1 aromatic carbocycles. The highest BCUT2D eigenvalue weighted by Crippen LogP contribution is 2.34. The molecule has 2 heterocycles. The first kappa shape index (κ1) is 10.4. The molecule has 1 fully saturated rings. The second-order valence-corrected chi connectivity index (χ2v) is 4.16. The quantitative estimate of drug-likeness (QED) is 0.751. The lowest BCUT2D eigenvalue weighted by atomic mass is 10.0. The van der Waals surface area contributed by atoms with Crippen LogP contribution in [0.15, 0.2) is 18.2 Å². The highest BCUT2D eigenvalue weighted by atomic mass is 16.6. The summed E-state index contributed by atoms with van der Waals surface area (Å²) in [5, 5.41) is 8.83. The van der Waals surface area contributed by atoms with E-state index in [2.05, 4.69) is 16.9 Å². The molecule has 2 atom stereocenters. The van der Waals surface area contributed by atoms with Crippen molar-refractivity contribution in [3.8, 4) is 17.6 Å². The molecule has 0 aliphatic carbocycles. The minimum Gasteiger partial charge on any atom is -0.486 e. The van der Waals surface area contributed by atoms with Crippen molar-refractivity contribution in [1.29, 1.82) is 5.26 Å². The van der Waals surface area contributed by atoms with Crippen LogP contribution in [0.4, 0.5) is 0 Å². The molecule has 2 unspecified atom stereocenters. The highest BCUT2D eigenvalue weighted by Gasteiger charge is 2.25. The minimum absolute atomic E-state index is 0.131. The number of benzene rings is 1. The summed E-state index contributed by atoms with van der Waals surface area (Å²) in [6.45, 7) is 1.19. The zero-order chi connectivity index (χ0) is 11.7. The normalized spacial score (nSPS) is 26.5. The predicted octanol–water partition coefficient (Wildman–Crippen LogP) is 0.889. The maximum Gasteiger partial charge on any atom is 0.161 e. The molecule has 2 aliphatic heterocycles. The van der Waals surface area contributed by atoms with Gasteiger partial charge in [-0.3, -0.25) is 0 Å². The molecule has 88 valence electrons. The van der Waals surface area contributed by atoms with Crippen LogP contribution in [-0.4, -0.2) is 19.3 Å². The Morgan fingerprint density at radius 3 is 2.76 bits per heavy atom. The lowest BCUT2D eigenvalue weighted by molar-refractivity contribution is 0.171. The molecule has 3 rings (SSSR count). The Balaban J connectivity index is 1.82. The number of hydrazine groups is 1. The molecule has 17 heavy (non-hydrogen) atoms. The standard InChI is InChI=1S/C12H13N3O2/c13-7-9-6-10(15-14-9)8-1-2-11-12(5-8)17-4-3-16-11/h1-2,5,9-10,14-15H,3-4,6H2.